The van der Waals surface area contributed by atoms with Crippen molar-refractivity contribution in [3.8, 4) is 5.69 Å². The number of nitrogens with one attached hydrogen (secondary N) is 2. The van der Waals surface area contributed by atoms with Gasteiger partial charge >= 0.3 is 0 Å². The van der Waals surface area contributed by atoms with E-state index in [2.05, 4.69) is 15.6 Å². The van der Waals surface area contributed by atoms with E-state index in [0.29, 0.717) is 26.9 Å². The fraction of sp³-hybridized carbons (Fsp3) is 0.154. The van der Waals surface area contributed by atoms with Crippen LogP contribution >= 0.6 is 22.9 Å². The Morgan fingerprint density at radius 1 is 1.03 bits per heavy atom. The van der Waals surface area contributed by atoms with E-state index in [1.165, 1.54) is 22.0 Å². The largest absolute Gasteiger partial charge is 0.346 e. The van der Waals surface area contributed by atoms with Gasteiger partial charge in [0.05, 0.1) is 27.0 Å². The molecule has 0 spiro atoms. The lowest BCUT2D eigenvalue weighted by Crippen LogP contribution is -2.44. The molecule has 0 aliphatic heterocycles. The molecule has 1 aliphatic carbocycles. The lowest BCUT2D eigenvalue weighted by molar-refractivity contribution is 0.0889. The average molecular weight is 505 g/mol. The Labute approximate surface area is 210 Å². The Morgan fingerprint density at radius 3 is 2.54 bits per heavy atom. The Balaban J connectivity index is 1.38. The van der Waals surface area contributed by atoms with Gasteiger partial charge in [-0.25, -0.2) is 0 Å². The highest BCUT2D eigenvalue weighted by Gasteiger charge is 2.37. The average Bonchev–Trinajstić information content (AvgIpc) is 3.44. The summed E-state index contributed by atoms with van der Waals surface area (Å²) in [4.78, 5) is 43.1. The molecule has 0 radical (unpaired) electrons. The SMILES string of the molecule is Cc1ccnc2c1C[C@@H](NC(=O)c1ccc(Cl)s1)[C@@H]2NC(=O)c1ccc(-n2ccccc2=O)cc1. The molecule has 9 heteroatoms. The Hall–Kier alpha value is -3.75. The monoisotopic (exact) mass is 504 g/mol. The lowest BCUT2D eigenvalue weighted by atomic mass is 10.1. The number of aromatic nitrogens is 2. The number of benzene rings is 1. The van der Waals surface area contributed by atoms with E-state index in [-0.39, 0.29) is 23.4 Å². The molecule has 2 N–H and O–H groups in total. The first kappa shape index (κ1) is 23.0. The molecule has 0 saturated heterocycles. The second kappa shape index (κ2) is 9.48. The summed E-state index contributed by atoms with van der Waals surface area (Å²) in [6.07, 6.45) is 3.94. The normalized spacial score (nSPS) is 16.5. The Morgan fingerprint density at radius 2 is 1.83 bits per heavy atom. The first-order valence-corrected chi connectivity index (χ1v) is 12.2. The van der Waals surface area contributed by atoms with Crippen molar-refractivity contribution in [3.63, 3.8) is 0 Å². The molecule has 1 aliphatic rings. The highest BCUT2D eigenvalue weighted by atomic mass is 35.5. The van der Waals surface area contributed by atoms with Crippen molar-refractivity contribution in [2.24, 2.45) is 0 Å². The third kappa shape index (κ3) is 4.62. The van der Waals surface area contributed by atoms with Gasteiger partial charge in [0.2, 0.25) is 0 Å². The number of amides is 2. The van der Waals surface area contributed by atoms with Crippen LogP contribution in [0.2, 0.25) is 4.34 Å². The summed E-state index contributed by atoms with van der Waals surface area (Å²) in [5.74, 6) is -0.536. The van der Waals surface area contributed by atoms with Crippen LogP contribution in [0.15, 0.2) is 77.9 Å². The summed E-state index contributed by atoms with van der Waals surface area (Å²) in [5.41, 5.74) is 3.78. The highest BCUT2D eigenvalue weighted by molar-refractivity contribution is 7.18. The van der Waals surface area contributed by atoms with E-state index in [1.54, 1.807) is 60.9 Å². The number of rotatable bonds is 5. The first-order valence-electron chi connectivity index (χ1n) is 11.0. The molecule has 3 aromatic heterocycles. The molecule has 0 unspecified atom stereocenters. The van der Waals surface area contributed by atoms with Gasteiger partial charge in [0.25, 0.3) is 17.4 Å². The third-order valence-electron chi connectivity index (χ3n) is 6.07. The number of pyridine rings is 2. The Bertz CT molecular complexity index is 1480. The van der Waals surface area contributed by atoms with Gasteiger partial charge in [-0.1, -0.05) is 17.7 Å². The van der Waals surface area contributed by atoms with Gasteiger partial charge in [-0.3, -0.25) is 23.9 Å². The van der Waals surface area contributed by atoms with Crippen LogP contribution in [0.5, 0.6) is 0 Å². The van der Waals surface area contributed by atoms with Crippen molar-refractivity contribution in [2.75, 3.05) is 0 Å². The molecule has 0 bridgehead atoms. The van der Waals surface area contributed by atoms with Crippen LogP contribution in [0.25, 0.3) is 5.69 Å². The molecule has 4 aromatic rings. The summed E-state index contributed by atoms with van der Waals surface area (Å²) in [6, 6.07) is 16.1. The molecule has 0 saturated carbocycles. The molecule has 3 heterocycles. The molecule has 176 valence electrons. The molecular weight excluding hydrogens is 484 g/mol. The topological polar surface area (TPSA) is 93.1 Å². The van der Waals surface area contributed by atoms with E-state index in [9.17, 15) is 14.4 Å². The molecule has 5 rings (SSSR count). The summed E-state index contributed by atoms with van der Waals surface area (Å²) in [6.45, 7) is 1.99. The van der Waals surface area contributed by atoms with Gasteiger partial charge in [-0.15, -0.1) is 11.3 Å². The predicted octanol–water partition coefficient (Wildman–Crippen LogP) is 4.08. The van der Waals surface area contributed by atoms with Gasteiger partial charge < -0.3 is 10.6 Å². The molecule has 0 fully saturated rings. The molecule has 2 amide bonds. The van der Waals surface area contributed by atoms with Gasteiger partial charge in [-0.05, 0) is 73.0 Å². The summed E-state index contributed by atoms with van der Waals surface area (Å²) in [7, 11) is 0. The van der Waals surface area contributed by atoms with Crippen molar-refractivity contribution in [1.82, 2.24) is 20.2 Å². The van der Waals surface area contributed by atoms with E-state index < -0.39 is 6.04 Å². The zero-order valence-electron chi connectivity index (χ0n) is 18.7. The number of hydrogen-bond acceptors (Lipinski definition) is 5. The maximum atomic E-state index is 13.2. The maximum Gasteiger partial charge on any atom is 0.261 e. The lowest BCUT2D eigenvalue weighted by Gasteiger charge is -2.22. The maximum absolute atomic E-state index is 13.2. The van der Waals surface area contributed by atoms with E-state index in [1.807, 2.05) is 13.0 Å². The minimum absolute atomic E-state index is 0.153. The number of thiophene rings is 1. The van der Waals surface area contributed by atoms with E-state index in [0.717, 1.165) is 16.8 Å². The predicted molar refractivity (Wildman–Crippen MR) is 136 cm³/mol. The minimum Gasteiger partial charge on any atom is -0.346 e. The summed E-state index contributed by atoms with van der Waals surface area (Å²) >= 11 is 7.20. The van der Waals surface area contributed by atoms with Crippen LogP contribution in [-0.2, 0) is 6.42 Å². The van der Waals surface area contributed by atoms with Crippen molar-refractivity contribution in [3.05, 3.63) is 115 Å². The molecular formula is C26H21ClN4O3S. The standard InChI is InChI=1S/C26H21ClN4O3S/c1-15-11-12-28-23-18(15)14-19(29-26(34)20-9-10-21(27)35-20)24(23)30-25(33)16-5-7-17(8-6-16)31-13-3-2-4-22(31)32/h2-13,19,24H,14H2,1H3,(H,29,34)(H,30,33)/t19-,24+/m1/s1. The number of aryl methyl sites for hydroxylation is 1. The van der Waals surface area contributed by atoms with Gasteiger partial charge in [0.15, 0.2) is 0 Å². The summed E-state index contributed by atoms with van der Waals surface area (Å²) < 4.78 is 2.04. The van der Waals surface area contributed by atoms with Crippen LogP contribution < -0.4 is 16.2 Å². The number of halogens is 1. The summed E-state index contributed by atoms with van der Waals surface area (Å²) in [5, 5.41) is 6.10. The van der Waals surface area contributed by atoms with E-state index >= 15 is 0 Å². The molecule has 2 atom stereocenters. The Kier molecular flexibility index (Phi) is 6.23. The number of nitrogens with zero attached hydrogens (tertiary/aromatic N) is 2. The minimum atomic E-state index is -0.492. The van der Waals surface area contributed by atoms with Crippen LogP contribution in [0.3, 0.4) is 0 Å². The first-order chi connectivity index (χ1) is 16.9. The third-order valence-corrected chi connectivity index (χ3v) is 7.30. The molecule has 7 nitrogen and oxygen atoms in total. The zero-order chi connectivity index (χ0) is 24.5. The fourth-order valence-electron chi connectivity index (χ4n) is 4.29. The molecule has 1 aromatic carbocycles. The van der Waals surface area contributed by atoms with Crippen molar-refractivity contribution >= 4 is 34.8 Å². The fourth-order valence-corrected chi connectivity index (χ4v) is 5.24. The van der Waals surface area contributed by atoms with E-state index in [4.69, 9.17) is 11.6 Å². The van der Waals surface area contributed by atoms with Crippen LogP contribution in [0.4, 0.5) is 0 Å². The van der Waals surface area contributed by atoms with Crippen LogP contribution in [0, 0.1) is 6.92 Å². The number of fused-ring (bicyclic) bond motifs is 1. The van der Waals surface area contributed by atoms with Crippen molar-refractivity contribution < 1.29 is 9.59 Å². The highest BCUT2D eigenvalue weighted by Crippen LogP contribution is 2.33. The number of carbonyl (C=O) groups is 2. The van der Waals surface area contributed by atoms with Gasteiger partial charge in [0, 0.05) is 29.7 Å². The van der Waals surface area contributed by atoms with Gasteiger partial charge in [0.1, 0.15) is 0 Å². The second-order valence-electron chi connectivity index (χ2n) is 8.29. The smallest absolute Gasteiger partial charge is 0.261 e. The number of hydrogen-bond donors (Lipinski definition) is 2. The van der Waals surface area contributed by atoms with Crippen molar-refractivity contribution in [1.29, 1.82) is 0 Å². The quantitative estimate of drug-likeness (QED) is 0.428. The van der Waals surface area contributed by atoms with Gasteiger partial charge in [-0.2, -0.15) is 0 Å². The second-order valence-corrected chi connectivity index (χ2v) is 10.0. The van der Waals surface area contributed by atoms with Crippen LogP contribution in [0.1, 0.15) is 42.9 Å². The van der Waals surface area contributed by atoms with Crippen LogP contribution in [-0.4, -0.2) is 27.4 Å². The zero-order valence-corrected chi connectivity index (χ0v) is 20.3. The number of carbonyl (C=O) groups excluding carboxylic acids is 2. The van der Waals surface area contributed by atoms with Crippen molar-refractivity contribution in [2.45, 2.75) is 25.4 Å². The molecule has 35 heavy (non-hydrogen) atoms.